The van der Waals surface area contributed by atoms with Gasteiger partial charge in [-0.25, -0.2) is 4.98 Å². The normalized spacial score (nSPS) is 15.9. The molecule has 0 aliphatic carbocycles. The molecule has 1 fully saturated rings. The molecule has 1 amide bonds. The van der Waals surface area contributed by atoms with E-state index >= 15 is 0 Å². The fourth-order valence-corrected chi connectivity index (χ4v) is 4.46. The molecule has 2 aromatic carbocycles. The van der Waals surface area contributed by atoms with Crippen LogP contribution in [0.25, 0.3) is 16.3 Å². The van der Waals surface area contributed by atoms with Crippen LogP contribution in [0.3, 0.4) is 0 Å². The first-order valence-corrected chi connectivity index (χ1v) is 9.72. The predicted molar refractivity (Wildman–Crippen MR) is 111 cm³/mol. The summed E-state index contributed by atoms with van der Waals surface area (Å²) in [5, 5.41) is 2.00. The van der Waals surface area contributed by atoms with Crippen LogP contribution < -0.4 is 10.2 Å². The molecule has 1 aliphatic heterocycles. The number of thiazole rings is 1. The molecule has 1 aliphatic rings. The largest absolute Gasteiger partial charge is 0.497 e. The van der Waals surface area contributed by atoms with Gasteiger partial charge < -0.3 is 4.74 Å². The van der Waals surface area contributed by atoms with Crippen LogP contribution in [0.5, 0.6) is 5.75 Å². The number of carbonyl (C=O) groups excluding carboxylic acids is 1. The van der Waals surface area contributed by atoms with Crippen molar-refractivity contribution >= 4 is 67.0 Å². The molecule has 1 N–H and O–H groups in total. The standard InChI is InChI=1S/C18H13N3O2S3/c1-23-12-8-6-11(7-9-12)10-15-16(22)21(18(24)26-15)20-17-19-13-4-2-3-5-14(13)25-17/h2-10H,1H3,(H,19,20). The molecule has 0 bridgehead atoms. The van der Waals surface area contributed by atoms with E-state index in [1.165, 1.54) is 28.1 Å². The Labute approximate surface area is 163 Å². The highest BCUT2D eigenvalue weighted by atomic mass is 32.2. The van der Waals surface area contributed by atoms with Crippen molar-refractivity contribution < 1.29 is 9.53 Å². The second-order valence-electron chi connectivity index (χ2n) is 5.39. The van der Waals surface area contributed by atoms with Crippen LogP contribution in [-0.4, -0.2) is 27.3 Å². The number of aromatic nitrogens is 1. The molecule has 3 aromatic rings. The highest BCUT2D eigenvalue weighted by Crippen LogP contribution is 2.34. The lowest BCUT2D eigenvalue weighted by Gasteiger charge is -2.14. The lowest BCUT2D eigenvalue weighted by molar-refractivity contribution is -0.121. The van der Waals surface area contributed by atoms with E-state index in [-0.39, 0.29) is 5.91 Å². The Bertz CT molecular complexity index is 995. The molecule has 1 saturated heterocycles. The number of hydrazine groups is 1. The van der Waals surface area contributed by atoms with Crippen molar-refractivity contribution in [2.24, 2.45) is 0 Å². The zero-order valence-corrected chi connectivity index (χ0v) is 16.1. The van der Waals surface area contributed by atoms with Crippen LogP contribution in [0, 0.1) is 0 Å². The first-order chi connectivity index (χ1) is 12.6. The van der Waals surface area contributed by atoms with Crippen molar-refractivity contribution in [2.75, 3.05) is 12.5 Å². The molecule has 0 unspecified atom stereocenters. The van der Waals surface area contributed by atoms with Crippen molar-refractivity contribution in [3.8, 4) is 5.75 Å². The lowest BCUT2D eigenvalue weighted by atomic mass is 10.2. The van der Waals surface area contributed by atoms with E-state index in [9.17, 15) is 4.79 Å². The zero-order chi connectivity index (χ0) is 18.1. The SMILES string of the molecule is COc1ccc(C=C2SC(=S)N(Nc3nc4ccccc4s3)C2=O)cc1. The predicted octanol–water partition coefficient (Wildman–Crippen LogP) is 4.53. The highest BCUT2D eigenvalue weighted by molar-refractivity contribution is 8.26. The fraction of sp³-hybridized carbons (Fsp3) is 0.0556. The molecule has 4 rings (SSSR count). The van der Waals surface area contributed by atoms with Crippen LogP contribution >= 0.6 is 35.3 Å². The molecule has 26 heavy (non-hydrogen) atoms. The summed E-state index contributed by atoms with van der Waals surface area (Å²) in [5.41, 5.74) is 4.83. The van der Waals surface area contributed by atoms with E-state index in [1.807, 2.05) is 54.6 Å². The number of thioether (sulfide) groups is 1. The Morgan fingerprint density at radius 2 is 1.96 bits per heavy atom. The van der Waals surface area contributed by atoms with Gasteiger partial charge in [0.1, 0.15) is 5.75 Å². The van der Waals surface area contributed by atoms with E-state index in [0.29, 0.717) is 14.4 Å². The maximum Gasteiger partial charge on any atom is 0.285 e. The number of para-hydroxylation sites is 1. The van der Waals surface area contributed by atoms with Gasteiger partial charge in [-0.15, -0.1) is 0 Å². The average molecular weight is 400 g/mol. The molecule has 2 heterocycles. The zero-order valence-electron chi connectivity index (χ0n) is 13.6. The summed E-state index contributed by atoms with van der Waals surface area (Å²) >= 11 is 8.10. The highest BCUT2D eigenvalue weighted by Gasteiger charge is 2.33. The first kappa shape index (κ1) is 17.0. The van der Waals surface area contributed by atoms with Gasteiger partial charge in [-0.3, -0.25) is 10.2 Å². The van der Waals surface area contributed by atoms with E-state index in [2.05, 4.69) is 10.4 Å². The summed E-state index contributed by atoms with van der Waals surface area (Å²) < 4.78 is 6.65. The number of amides is 1. The number of nitrogens with one attached hydrogen (secondary N) is 1. The number of anilines is 1. The Balaban J connectivity index is 1.55. The van der Waals surface area contributed by atoms with E-state index in [4.69, 9.17) is 17.0 Å². The monoisotopic (exact) mass is 399 g/mol. The Morgan fingerprint density at radius 3 is 2.69 bits per heavy atom. The minimum absolute atomic E-state index is 0.185. The number of fused-ring (bicyclic) bond motifs is 1. The number of nitrogens with zero attached hydrogens (tertiary/aromatic N) is 2. The van der Waals surface area contributed by atoms with Gasteiger partial charge in [0.05, 0.1) is 22.2 Å². The number of benzene rings is 2. The van der Waals surface area contributed by atoms with Crippen LogP contribution in [0.1, 0.15) is 5.56 Å². The number of hydrogen-bond donors (Lipinski definition) is 1. The minimum Gasteiger partial charge on any atom is -0.497 e. The van der Waals surface area contributed by atoms with Crippen molar-refractivity contribution in [1.29, 1.82) is 0 Å². The van der Waals surface area contributed by atoms with Crippen LogP contribution in [0.15, 0.2) is 53.4 Å². The van der Waals surface area contributed by atoms with E-state index in [1.54, 1.807) is 7.11 Å². The maximum absolute atomic E-state index is 12.7. The van der Waals surface area contributed by atoms with Gasteiger partial charge in [0.25, 0.3) is 5.91 Å². The van der Waals surface area contributed by atoms with Crippen LogP contribution in [0.4, 0.5) is 5.13 Å². The molecule has 0 radical (unpaired) electrons. The summed E-state index contributed by atoms with van der Waals surface area (Å²) in [4.78, 5) is 17.8. The molecular weight excluding hydrogens is 386 g/mol. The maximum atomic E-state index is 12.7. The summed E-state index contributed by atoms with van der Waals surface area (Å²) in [6.07, 6.45) is 1.82. The number of hydrogen-bond acceptors (Lipinski definition) is 7. The second-order valence-corrected chi connectivity index (χ2v) is 8.10. The third kappa shape index (κ3) is 3.31. The Hall–Kier alpha value is -2.42. The second kappa shape index (κ2) is 7.06. The number of thiocarbonyl (C=S) groups is 1. The molecule has 0 atom stereocenters. The van der Waals surface area contributed by atoms with Gasteiger partial charge in [0, 0.05) is 0 Å². The van der Waals surface area contributed by atoms with Gasteiger partial charge >= 0.3 is 0 Å². The Morgan fingerprint density at radius 1 is 1.19 bits per heavy atom. The minimum atomic E-state index is -0.185. The van der Waals surface area contributed by atoms with Gasteiger partial charge in [-0.2, -0.15) is 5.01 Å². The summed E-state index contributed by atoms with van der Waals surface area (Å²) in [6, 6.07) is 15.3. The van der Waals surface area contributed by atoms with Crippen LogP contribution in [0.2, 0.25) is 0 Å². The van der Waals surface area contributed by atoms with Crippen molar-refractivity contribution in [1.82, 2.24) is 9.99 Å². The molecule has 5 nitrogen and oxygen atoms in total. The smallest absolute Gasteiger partial charge is 0.285 e. The van der Waals surface area contributed by atoms with E-state index < -0.39 is 0 Å². The number of carbonyl (C=O) groups is 1. The third-order valence-electron chi connectivity index (χ3n) is 3.71. The Kier molecular flexibility index (Phi) is 4.62. The molecule has 8 heteroatoms. The number of ether oxygens (including phenoxy) is 1. The topological polar surface area (TPSA) is 54.5 Å². The fourth-order valence-electron chi connectivity index (χ4n) is 2.43. The third-order valence-corrected chi connectivity index (χ3v) is 5.95. The van der Waals surface area contributed by atoms with Crippen LogP contribution in [-0.2, 0) is 4.79 Å². The molecule has 0 spiro atoms. The average Bonchev–Trinajstić information content (AvgIpc) is 3.18. The van der Waals surface area contributed by atoms with Crippen molar-refractivity contribution in [3.63, 3.8) is 0 Å². The molecule has 0 saturated carbocycles. The van der Waals surface area contributed by atoms with Gasteiger partial charge in [-0.1, -0.05) is 47.4 Å². The number of rotatable bonds is 4. The summed E-state index contributed by atoms with van der Waals surface area (Å²) in [5.74, 6) is 0.585. The lowest BCUT2D eigenvalue weighted by Crippen LogP contribution is -2.33. The van der Waals surface area contributed by atoms with Crippen molar-refractivity contribution in [3.05, 3.63) is 59.0 Å². The molecular formula is C18H13N3O2S3. The number of methoxy groups -OCH3 is 1. The quantitative estimate of drug-likeness (QED) is 0.514. The summed E-state index contributed by atoms with van der Waals surface area (Å²) in [6.45, 7) is 0. The summed E-state index contributed by atoms with van der Waals surface area (Å²) in [7, 11) is 1.62. The van der Waals surface area contributed by atoms with Crippen molar-refractivity contribution in [2.45, 2.75) is 0 Å². The van der Waals surface area contributed by atoms with Gasteiger partial charge in [0.15, 0.2) is 4.32 Å². The molecule has 130 valence electrons. The first-order valence-electron chi connectivity index (χ1n) is 7.68. The van der Waals surface area contributed by atoms with E-state index in [0.717, 1.165) is 21.5 Å². The van der Waals surface area contributed by atoms with Gasteiger partial charge in [0.2, 0.25) is 5.13 Å². The van der Waals surface area contributed by atoms with Gasteiger partial charge in [-0.05, 0) is 48.1 Å². The molecule has 1 aromatic heterocycles.